The van der Waals surface area contributed by atoms with Crippen molar-refractivity contribution in [1.82, 2.24) is 0 Å². The van der Waals surface area contributed by atoms with E-state index in [1.54, 1.807) is 6.07 Å². The zero-order valence-electron chi connectivity index (χ0n) is 17.0. The van der Waals surface area contributed by atoms with Crippen molar-refractivity contribution < 1.29 is 27.9 Å². The highest BCUT2D eigenvalue weighted by Crippen LogP contribution is 2.32. The zero-order valence-corrected chi connectivity index (χ0v) is 17.0. The number of carbonyl (C=O) groups excluding carboxylic acids is 2. The van der Waals surface area contributed by atoms with Gasteiger partial charge in [0, 0.05) is 16.9 Å². The second-order valence-corrected chi connectivity index (χ2v) is 7.61. The highest BCUT2D eigenvalue weighted by molar-refractivity contribution is 6.01. The quantitative estimate of drug-likeness (QED) is 0.505. The molecule has 158 valence electrons. The number of aromatic hydroxyl groups is 1. The molecule has 1 N–H and O–H groups in total. The Balaban J connectivity index is 0.000000199. The molecule has 1 aromatic heterocycles. The Hall–Kier alpha value is -3.02. The van der Waals surface area contributed by atoms with Crippen LogP contribution < -0.4 is 0 Å². The molecule has 1 aliphatic rings. The van der Waals surface area contributed by atoms with E-state index in [0.29, 0.717) is 16.7 Å². The van der Waals surface area contributed by atoms with Crippen molar-refractivity contribution in [2.45, 2.75) is 46.0 Å². The number of hydrogen-bond donors (Lipinski definition) is 1. The summed E-state index contributed by atoms with van der Waals surface area (Å²) in [6.07, 6.45) is 5.34. The molecule has 3 aromatic rings. The first-order valence-corrected chi connectivity index (χ1v) is 10.00. The van der Waals surface area contributed by atoms with E-state index in [1.165, 1.54) is 25.5 Å². The number of rotatable bonds is 3. The van der Waals surface area contributed by atoms with Crippen LogP contribution in [-0.2, 0) is 0 Å². The van der Waals surface area contributed by atoms with Gasteiger partial charge in [-0.2, -0.15) is 0 Å². The maximum atomic E-state index is 13.3. The number of fused-ring (bicyclic) bond motifs is 1. The van der Waals surface area contributed by atoms with Crippen LogP contribution in [-0.4, -0.2) is 16.7 Å². The van der Waals surface area contributed by atoms with Crippen molar-refractivity contribution in [3.05, 3.63) is 64.9 Å². The SMILES string of the molecule is CC(=O)c1cc(F)ccc1O.Cc1c(C(=O)C2CCCCC2)oc2ccc(F)cc12. The number of furan rings is 1. The molecule has 1 heterocycles. The van der Waals surface area contributed by atoms with Crippen LogP contribution in [0.15, 0.2) is 40.8 Å². The van der Waals surface area contributed by atoms with Crippen LogP contribution in [0.25, 0.3) is 11.0 Å². The minimum Gasteiger partial charge on any atom is -0.507 e. The summed E-state index contributed by atoms with van der Waals surface area (Å²) in [7, 11) is 0. The van der Waals surface area contributed by atoms with Gasteiger partial charge in [0.15, 0.2) is 11.5 Å². The Bertz CT molecular complexity index is 1080. The van der Waals surface area contributed by atoms with Gasteiger partial charge in [0.25, 0.3) is 0 Å². The van der Waals surface area contributed by atoms with E-state index in [-0.39, 0.29) is 34.6 Å². The lowest BCUT2D eigenvalue weighted by Gasteiger charge is -2.19. The Morgan fingerprint density at radius 1 is 1.00 bits per heavy atom. The maximum Gasteiger partial charge on any atom is 0.201 e. The fourth-order valence-corrected chi connectivity index (χ4v) is 3.77. The number of benzene rings is 2. The number of ketones is 2. The summed E-state index contributed by atoms with van der Waals surface area (Å²) in [6.45, 7) is 3.11. The van der Waals surface area contributed by atoms with Gasteiger partial charge < -0.3 is 9.52 Å². The second kappa shape index (κ2) is 9.20. The molecule has 0 aliphatic heterocycles. The van der Waals surface area contributed by atoms with Crippen molar-refractivity contribution in [2.24, 2.45) is 5.92 Å². The third-order valence-corrected chi connectivity index (χ3v) is 5.44. The molecule has 4 rings (SSSR count). The predicted octanol–water partition coefficient (Wildman–Crippen LogP) is 6.38. The predicted molar refractivity (Wildman–Crippen MR) is 110 cm³/mol. The highest BCUT2D eigenvalue weighted by Gasteiger charge is 2.27. The van der Waals surface area contributed by atoms with Crippen LogP contribution in [0.4, 0.5) is 8.78 Å². The van der Waals surface area contributed by atoms with Gasteiger partial charge in [-0.25, -0.2) is 8.78 Å². The normalized spacial score (nSPS) is 14.3. The Morgan fingerprint density at radius 2 is 1.63 bits per heavy atom. The molecule has 0 atom stereocenters. The highest BCUT2D eigenvalue weighted by atomic mass is 19.1. The fraction of sp³-hybridized carbons (Fsp3) is 0.333. The number of carbonyl (C=O) groups is 2. The monoisotopic (exact) mass is 414 g/mol. The van der Waals surface area contributed by atoms with Gasteiger partial charge >= 0.3 is 0 Å². The third kappa shape index (κ3) is 4.75. The summed E-state index contributed by atoms with van der Waals surface area (Å²) in [5.41, 5.74) is 1.38. The molecular weight excluding hydrogens is 390 g/mol. The van der Waals surface area contributed by atoms with E-state index in [0.717, 1.165) is 49.4 Å². The summed E-state index contributed by atoms with van der Waals surface area (Å²) in [4.78, 5) is 23.2. The molecule has 1 saturated carbocycles. The van der Waals surface area contributed by atoms with Crippen LogP contribution in [0.1, 0.15) is 65.5 Å². The molecule has 2 aromatic carbocycles. The van der Waals surface area contributed by atoms with E-state index < -0.39 is 5.82 Å². The summed E-state index contributed by atoms with van der Waals surface area (Å²) in [5.74, 6) is -0.749. The van der Waals surface area contributed by atoms with E-state index in [4.69, 9.17) is 9.52 Å². The van der Waals surface area contributed by atoms with Crippen molar-refractivity contribution in [3.8, 4) is 5.75 Å². The third-order valence-electron chi connectivity index (χ3n) is 5.44. The van der Waals surface area contributed by atoms with E-state index >= 15 is 0 Å². The first-order chi connectivity index (χ1) is 14.3. The topological polar surface area (TPSA) is 67.5 Å². The van der Waals surface area contributed by atoms with Crippen LogP contribution in [0.3, 0.4) is 0 Å². The van der Waals surface area contributed by atoms with Gasteiger partial charge in [-0.15, -0.1) is 0 Å². The molecular formula is C24H24F2O4. The second-order valence-electron chi connectivity index (χ2n) is 7.61. The largest absolute Gasteiger partial charge is 0.507 e. The number of hydrogen-bond acceptors (Lipinski definition) is 4. The minimum atomic E-state index is -0.520. The van der Waals surface area contributed by atoms with Crippen LogP contribution >= 0.6 is 0 Å². The van der Waals surface area contributed by atoms with E-state index in [1.807, 2.05) is 6.92 Å². The van der Waals surface area contributed by atoms with Gasteiger partial charge in [-0.3, -0.25) is 9.59 Å². The summed E-state index contributed by atoms with van der Waals surface area (Å²) >= 11 is 0. The molecule has 1 fully saturated rings. The van der Waals surface area contributed by atoms with Gasteiger partial charge in [-0.1, -0.05) is 19.3 Å². The summed E-state index contributed by atoms with van der Waals surface area (Å²) in [6, 6.07) is 7.66. The van der Waals surface area contributed by atoms with Crippen LogP contribution in [0.5, 0.6) is 5.75 Å². The standard InChI is InChI=1S/C16H17FO2.C8H7FO2/c1-10-13-9-12(17)7-8-14(13)19-16(10)15(18)11-5-3-2-4-6-11;1-5(10)7-4-6(9)2-3-8(7)11/h7-9,11H,2-6H2,1H3;2-4,11H,1H3. The lowest BCUT2D eigenvalue weighted by atomic mass is 9.85. The number of phenols is 1. The molecule has 0 unspecified atom stereocenters. The molecule has 0 radical (unpaired) electrons. The first-order valence-electron chi connectivity index (χ1n) is 10.00. The molecule has 4 nitrogen and oxygen atoms in total. The summed E-state index contributed by atoms with van der Waals surface area (Å²) < 4.78 is 31.4. The minimum absolute atomic E-state index is 0.0185. The maximum absolute atomic E-state index is 13.3. The first kappa shape index (κ1) is 21.7. The average molecular weight is 414 g/mol. The Labute approximate surface area is 173 Å². The average Bonchev–Trinajstić information content (AvgIpc) is 3.06. The molecule has 0 saturated heterocycles. The van der Waals surface area contributed by atoms with Gasteiger partial charge in [0.2, 0.25) is 5.78 Å². The number of Topliss-reactive ketones (excluding diaryl/α,β-unsaturated/α-hetero) is 2. The number of halogens is 2. The number of phenolic OH excluding ortho intramolecular Hbond substituents is 1. The van der Waals surface area contributed by atoms with Crippen molar-refractivity contribution in [2.75, 3.05) is 0 Å². The van der Waals surface area contributed by atoms with E-state index in [9.17, 15) is 18.4 Å². The van der Waals surface area contributed by atoms with Crippen molar-refractivity contribution in [1.29, 1.82) is 0 Å². The molecule has 1 aliphatic carbocycles. The molecule has 0 spiro atoms. The van der Waals surface area contributed by atoms with Gasteiger partial charge in [0.1, 0.15) is 23.0 Å². The van der Waals surface area contributed by atoms with Crippen molar-refractivity contribution >= 4 is 22.5 Å². The summed E-state index contributed by atoms with van der Waals surface area (Å²) in [5, 5.41) is 9.73. The molecule has 0 amide bonds. The molecule has 30 heavy (non-hydrogen) atoms. The lowest BCUT2D eigenvalue weighted by molar-refractivity contribution is 0.0861. The van der Waals surface area contributed by atoms with E-state index in [2.05, 4.69) is 0 Å². The van der Waals surface area contributed by atoms with Gasteiger partial charge in [-0.05, 0) is 63.1 Å². The van der Waals surface area contributed by atoms with Crippen LogP contribution in [0, 0.1) is 24.5 Å². The smallest absolute Gasteiger partial charge is 0.201 e. The lowest BCUT2D eigenvalue weighted by Crippen LogP contribution is -2.17. The molecule has 6 heteroatoms. The van der Waals surface area contributed by atoms with Gasteiger partial charge in [0.05, 0.1) is 5.56 Å². The number of aryl methyl sites for hydroxylation is 1. The zero-order chi connectivity index (χ0) is 21.8. The molecule has 0 bridgehead atoms. The van der Waals surface area contributed by atoms with Crippen LogP contribution in [0.2, 0.25) is 0 Å². The van der Waals surface area contributed by atoms with Crippen molar-refractivity contribution in [3.63, 3.8) is 0 Å². The Morgan fingerprint density at radius 3 is 2.27 bits per heavy atom. The Kier molecular flexibility index (Phi) is 6.65. The fourth-order valence-electron chi connectivity index (χ4n) is 3.77.